The number of carbonyl (C=O) groups excluding carboxylic acids is 1. The number of amides is 1. The molecule has 28 heavy (non-hydrogen) atoms. The zero-order valence-electron chi connectivity index (χ0n) is 14.7. The molecule has 3 rings (SSSR count). The Morgan fingerprint density at radius 2 is 2.04 bits per heavy atom. The Balaban J connectivity index is 1.70. The van der Waals surface area contributed by atoms with Gasteiger partial charge in [0.05, 0.1) is 21.4 Å². The highest BCUT2D eigenvalue weighted by Gasteiger charge is 2.16. The number of thioether (sulfide) groups is 1. The molecule has 0 saturated carbocycles. The van der Waals surface area contributed by atoms with E-state index < -0.39 is 4.92 Å². The fourth-order valence-electron chi connectivity index (χ4n) is 2.43. The van der Waals surface area contributed by atoms with E-state index in [0.717, 1.165) is 5.56 Å². The summed E-state index contributed by atoms with van der Waals surface area (Å²) in [5.74, 6) is 0.381. The molecule has 0 radical (unpaired) electrons. The number of hydrogen-bond acceptors (Lipinski definition) is 7. The van der Waals surface area contributed by atoms with Crippen molar-refractivity contribution in [3.8, 4) is 11.4 Å². The zero-order valence-corrected chi connectivity index (χ0v) is 16.3. The second-order valence-electron chi connectivity index (χ2n) is 5.54. The standard InChI is InChI=1S/C17H15ClN6O3S/c1-2-23-16(11-5-7-19-8-6-11)21-22-17(23)28-10-15(25)20-14-9-12(24(26)27)3-4-13(14)18/h3-9H,2,10H2,1H3,(H,20,25). The lowest BCUT2D eigenvalue weighted by molar-refractivity contribution is -0.384. The Hall–Kier alpha value is -2.98. The summed E-state index contributed by atoms with van der Waals surface area (Å²) >= 11 is 7.22. The summed E-state index contributed by atoms with van der Waals surface area (Å²) < 4.78 is 1.90. The minimum absolute atomic E-state index is 0.0491. The number of pyridine rings is 1. The minimum Gasteiger partial charge on any atom is -0.324 e. The highest BCUT2D eigenvalue weighted by atomic mass is 35.5. The topological polar surface area (TPSA) is 116 Å². The summed E-state index contributed by atoms with van der Waals surface area (Å²) in [5.41, 5.74) is 0.917. The largest absolute Gasteiger partial charge is 0.324 e. The highest BCUT2D eigenvalue weighted by molar-refractivity contribution is 7.99. The molecule has 0 saturated heterocycles. The average molecular weight is 419 g/mol. The normalized spacial score (nSPS) is 10.6. The molecule has 3 aromatic rings. The van der Waals surface area contributed by atoms with Gasteiger partial charge in [-0.15, -0.1) is 10.2 Å². The third kappa shape index (κ3) is 4.46. The molecule has 2 aromatic heterocycles. The van der Waals surface area contributed by atoms with Crippen LogP contribution in [0, 0.1) is 10.1 Å². The van der Waals surface area contributed by atoms with Crippen molar-refractivity contribution in [1.82, 2.24) is 19.7 Å². The summed E-state index contributed by atoms with van der Waals surface area (Å²) in [6, 6.07) is 7.54. The van der Waals surface area contributed by atoms with Gasteiger partial charge in [0.25, 0.3) is 5.69 Å². The molecule has 1 aromatic carbocycles. The molecule has 11 heteroatoms. The van der Waals surface area contributed by atoms with Gasteiger partial charge in [-0.05, 0) is 25.1 Å². The van der Waals surface area contributed by atoms with Crippen LogP contribution in [0.3, 0.4) is 0 Å². The summed E-state index contributed by atoms with van der Waals surface area (Å²) in [6.07, 6.45) is 3.35. The van der Waals surface area contributed by atoms with Gasteiger partial charge in [0.2, 0.25) is 5.91 Å². The van der Waals surface area contributed by atoms with E-state index in [9.17, 15) is 14.9 Å². The van der Waals surface area contributed by atoms with Crippen molar-refractivity contribution < 1.29 is 9.72 Å². The molecule has 9 nitrogen and oxygen atoms in total. The Morgan fingerprint density at radius 1 is 1.29 bits per heavy atom. The smallest absolute Gasteiger partial charge is 0.271 e. The molecule has 0 atom stereocenters. The van der Waals surface area contributed by atoms with Crippen LogP contribution in [0.15, 0.2) is 47.9 Å². The van der Waals surface area contributed by atoms with Crippen molar-refractivity contribution >= 4 is 40.6 Å². The number of nitro groups is 1. The second-order valence-corrected chi connectivity index (χ2v) is 6.89. The number of nitrogens with zero attached hydrogens (tertiary/aromatic N) is 5. The molecule has 144 valence electrons. The molecule has 0 aliphatic heterocycles. The lowest BCUT2D eigenvalue weighted by atomic mass is 10.2. The van der Waals surface area contributed by atoms with Crippen LogP contribution in [-0.2, 0) is 11.3 Å². The van der Waals surface area contributed by atoms with E-state index in [4.69, 9.17) is 11.6 Å². The maximum absolute atomic E-state index is 12.3. The van der Waals surface area contributed by atoms with E-state index >= 15 is 0 Å². The van der Waals surface area contributed by atoms with Crippen molar-refractivity contribution in [2.75, 3.05) is 11.1 Å². The monoisotopic (exact) mass is 418 g/mol. The molecule has 0 bridgehead atoms. The van der Waals surface area contributed by atoms with Crippen LogP contribution in [-0.4, -0.2) is 36.3 Å². The van der Waals surface area contributed by atoms with E-state index in [-0.39, 0.29) is 28.1 Å². The van der Waals surface area contributed by atoms with Crippen LogP contribution in [0.1, 0.15) is 6.92 Å². The Kier molecular flexibility index (Phi) is 6.22. The van der Waals surface area contributed by atoms with Crippen LogP contribution < -0.4 is 5.32 Å². The lowest BCUT2D eigenvalue weighted by Gasteiger charge is -2.08. The number of non-ortho nitro benzene ring substituents is 1. The van der Waals surface area contributed by atoms with Gasteiger partial charge in [-0.25, -0.2) is 0 Å². The van der Waals surface area contributed by atoms with Gasteiger partial charge in [0, 0.05) is 36.6 Å². The number of nitrogens with one attached hydrogen (secondary N) is 1. The number of benzene rings is 1. The first kappa shape index (κ1) is 19.8. The van der Waals surface area contributed by atoms with Gasteiger partial charge in [0.15, 0.2) is 11.0 Å². The summed E-state index contributed by atoms with van der Waals surface area (Å²) in [7, 11) is 0. The SMILES string of the molecule is CCn1c(SCC(=O)Nc2cc([N+](=O)[O-])ccc2Cl)nnc1-c1ccncc1. The Labute approximate surface area is 169 Å². The Bertz CT molecular complexity index is 1010. The second kappa shape index (κ2) is 8.81. The van der Waals surface area contributed by atoms with E-state index in [1.165, 1.54) is 30.0 Å². The van der Waals surface area contributed by atoms with Crippen molar-refractivity contribution in [3.63, 3.8) is 0 Å². The van der Waals surface area contributed by atoms with E-state index in [2.05, 4.69) is 20.5 Å². The van der Waals surface area contributed by atoms with Crippen LogP contribution in [0.25, 0.3) is 11.4 Å². The first-order chi connectivity index (χ1) is 13.5. The van der Waals surface area contributed by atoms with Gasteiger partial charge in [-0.3, -0.25) is 19.9 Å². The van der Waals surface area contributed by atoms with Gasteiger partial charge in [-0.2, -0.15) is 0 Å². The fraction of sp³-hybridized carbons (Fsp3) is 0.176. The number of hydrogen-bond donors (Lipinski definition) is 1. The number of carbonyl (C=O) groups is 1. The molecule has 0 spiro atoms. The predicted molar refractivity (Wildman–Crippen MR) is 106 cm³/mol. The number of rotatable bonds is 7. The molecule has 0 aliphatic rings. The molecule has 0 aliphatic carbocycles. The minimum atomic E-state index is -0.551. The number of halogens is 1. The number of aromatic nitrogens is 4. The van der Waals surface area contributed by atoms with Crippen molar-refractivity contribution in [3.05, 3.63) is 57.9 Å². The van der Waals surface area contributed by atoms with Crippen molar-refractivity contribution in [2.24, 2.45) is 0 Å². The van der Waals surface area contributed by atoms with E-state index in [1.807, 2.05) is 23.6 Å². The molecular formula is C17H15ClN6O3S. The van der Waals surface area contributed by atoms with Gasteiger partial charge in [-0.1, -0.05) is 23.4 Å². The zero-order chi connectivity index (χ0) is 20.1. The van der Waals surface area contributed by atoms with Gasteiger partial charge >= 0.3 is 0 Å². The Morgan fingerprint density at radius 3 is 2.71 bits per heavy atom. The van der Waals surface area contributed by atoms with Crippen molar-refractivity contribution in [2.45, 2.75) is 18.6 Å². The summed E-state index contributed by atoms with van der Waals surface area (Å²) in [5, 5.41) is 22.6. The van der Waals surface area contributed by atoms with Crippen LogP contribution in [0.4, 0.5) is 11.4 Å². The van der Waals surface area contributed by atoms with E-state index in [0.29, 0.717) is 17.5 Å². The number of nitro benzene ring substituents is 1. The van der Waals surface area contributed by atoms with Crippen LogP contribution >= 0.6 is 23.4 Å². The van der Waals surface area contributed by atoms with Crippen LogP contribution in [0.2, 0.25) is 5.02 Å². The van der Waals surface area contributed by atoms with Gasteiger partial charge < -0.3 is 9.88 Å². The molecule has 1 amide bonds. The molecule has 1 N–H and O–H groups in total. The summed E-state index contributed by atoms with van der Waals surface area (Å²) in [6.45, 7) is 2.59. The molecular weight excluding hydrogens is 404 g/mol. The number of anilines is 1. The third-order valence-corrected chi connectivity index (χ3v) is 5.04. The van der Waals surface area contributed by atoms with Crippen LogP contribution in [0.5, 0.6) is 0 Å². The third-order valence-electron chi connectivity index (χ3n) is 3.74. The molecule has 2 heterocycles. The highest BCUT2D eigenvalue weighted by Crippen LogP contribution is 2.28. The quantitative estimate of drug-likeness (QED) is 0.353. The van der Waals surface area contributed by atoms with Crippen molar-refractivity contribution in [1.29, 1.82) is 0 Å². The summed E-state index contributed by atoms with van der Waals surface area (Å²) in [4.78, 5) is 26.6. The van der Waals surface area contributed by atoms with Gasteiger partial charge in [0.1, 0.15) is 0 Å². The lowest BCUT2D eigenvalue weighted by Crippen LogP contribution is -2.15. The molecule has 0 unspecified atom stereocenters. The fourth-order valence-corrected chi connectivity index (χ4v) is 3.40. The molecule has 0 fully saturated rings. The first-order valence-corrected chi connectivity index (χ1v) is 9.56. The maximum atomic E-state index is 12.3. The van der Waals surface area contributed by atoms with E-state index in [1.54, 1.807) is 12.4 Å². The predicted octanol–water partition coefficient (Wildman–Crippen LogP) is 3.65. The first-order valence-electron chi connectivity index (χ1n) is 8.19. The average Bonchev–Trinajstić information content (AvgIpc) is 3.11. The maximum Gasteiger partial charge on any atom is 0.271 e.